The van der Waals surface area contributed by atoms with Gasteiger partial charge in [0.15, 0.2) is 5.16 Å². The van der Waals surface area contributed by atoms with Gasteiger partial charge in [-0.3, -0.25) is 9.36 Å². The fourth-order valence-electron chi connectivity index (χ4n) is 1.92. The second kappa shape index (κ2) is 7.46. The summed E-state index contributed by atoms with van der Waals surface area (Å²) in [6.45, 7) is 3.62. The highest BCUT2D eigenvalue weighted by atomic mass is 32.2. The van der Waals surface area contributed by atoms with Crippen molar-refractivity contribution in [2.24, 2.45) is 0 Å². The Morgan fingerprint density at radius 1 is 1.52 bits per heavy atom. The second-order valence-corrected chi connectivity index (χ2v) is 6.53. The van der Waals surface area contributed by atoms with Crippen LogP contribution in [-0.4, -0.2) is 38.6 Å². The van der Waals surface area contributed by atoms with E-state index in [2.05, 4.69) is 23.2 Å². The molecule has 0 atom stereocenters. The quantitative estimate of drug-likeness (QED) is 0.752. The van der Waals surface area contributed by atoms with E-state index < -0.39 is 5.97 Å². The van der Waals surface area contributed by atoms with Crippen molar-refractivity contribution in [2.75, 3.05) is 17.7 Å². The molecule has 0 aliphatic heterocycles. The Balaban J connectivity index is 2.15. The number of carboxylic acid groups (broad SMARTS) is 1. The lowest BCUT2D eigenvalue weighted by molar-refractivity contribution is -0.133. The number of thioether (sulfide) groups is 1. The molecule has 0 fully saturated rings. The molecule has 2 aromatic rings. The van der Waals surface area contributed by atoms with Crippen LogP contribution in [0, 0.1) is 0 Å². The standard InChI is InChI=1S/C13H18N4O2S2/c1-3-6-17-12(14-15-13(17)21-9-11(18)19)16(2)8-10-5-4-7-20-10/h4-5,7H,3,6,8-9H2,1-2H3,(H,18,19). The van der Waals surface area contributed by atoms with Crippen molar-refractivity contribution >= 4 is 35.0 Å². The highest BCUT2D eigenvalue weighted by Gasteiger charge is 2.16. The summed E-state index contributed by atoms with van der Waals surface area (Å²) in [5, 5.41) is 19.9. The maximum Gasteiger partial charge on any atom is 0.313 e. The minimum absolute atomic E-state index is 0.00349. The van der Waals surface area contributed by atoms with Gasteiger partial charge in [-0.2, -0.15) is 0 Å². The minimum atomic E-state index is -0.848. The van der Waals surface area contributed by atoms with Gasteiger partial charge in [-0.15, -0.1) is 21.5 Å². The van der Waals surface area contributed by atoms with Crippen LogP contribution >= 0.6 is 23.1 Å². The van der Waals surface area contributed by atoms with Gasteiger partial charge in [0.25, 0.3) is 0 Å². The molecule has 2 aromatic heterocycles. The van der Waals surface area contributed by atoms with Crippen molar-refractivity contribution in [1.82, 2.24) is 14.8 Å². The van der Waals surface area contributed by atoms with Gasteiger partial charge >= 0.3 is 5.97 Å². The minimum Gasteiger partial charge on any atom is -0.481 e. The van der Waals surface area contributed by atoms with Gasteiger partial charge in [-0.1, -0.05) is 24.8 Å². The van der Waals surface area contributed by atoms with Gasteiger partial charge in [0.05, 0.1) is 12.3 Å². The number of aromatic nitrogens is 3. The number of nitrogens with zero attached hydrogens (tertiary/aromatic N) is 4. The van der Waals surface area contributed by atoms with E-state index in [0.29, 0.717) is 5.16 Å². The molecule has 0 aliphatic carbocycles. The van der Waals surface area contributed by atoms with E-state index in [1.165, 1.54) is 16.6 Å². The first-order valence-corrected chi connectivity index (χ1v) is 8.49. The normalized spacial score (nSPS) is 10.8. The first-order chi connectivity index (χ1) is 10.1. The molecule has 21 heavy (non-hydrogen) atoms. The predicted octanol–water partition coefficient (Wildman–Crippen LogP) is 2.56. The van der Waals surface area contributed by atoms with Gasteiger partial charge < -0.3 is 10.0 Å². The van der Waals surface area contributed by atoms with Crippen LogP contribution in [0.2, 0.25) is 0 Å². The summed E-state index contributed by atoms with van der Waals surface area (Å²) in [5.41, 5.74) is 0. The SMILES string of the molecule is CCCn1c(SCC(=O)O)nnc1N(C)Cc1cccs1. The van der Waals surface area contributed by atoms with Gasteiger partial charge in [0.1, 0.15) is 0 Å². The fraction of sp³-hybridized carbons (Fsp3) is 0.462. The molecule has 2 rings (SSSR count). The molecule has 1 N–H and O–H groups in total. The average molecular weight is 326 g/mol. The number of aliphatic carboxylic acids is 1. The molecule has 2 heterocycles. The lowest BCUT2D eigenvalue weighted by Crippen LogP contribution is -2.20. The monoisotopic (exact) mass is 326 g/mol. The summed E-state index contributed by atoms with van der Waals surface area (Å²) < 4.78 is 1.99. The predicted molar refractivity (Wildman–Crippen MR) is 85.1 cm³/mol. The van der Waals surface area contributed by atoms with Crippen LogP contribution in [0.1, 0.15) is 18.2 Å². The van der Waals surface area contributed by atoms with E-state index in [0.717, 1.165) is 25.5 Å². The van der Waals surface area contributed by atoms with E-state index in [9.17, 15) is 4.79 Å². The van der Waals surface area contributed by atoms with Crippen molar-refractivity contribution < 1.29 is 9.90 Å². The Labute approximate surface area is 131 Å². The molecule has 0 aromatic carbocycles. The molecule has 0 spiro atoms. The third-order valence-corrected chi connectivity index (χ3v) is 4.60. The van der Waals surface area contributed by atoms with Gasteiger partial charge in [-0.25, -0.2) is 0 Å². The average Bonchev–Trinajstić information content (AvgIpc) is 3.06. The van der Waals surface area contributed by atoms with Crippen LogP contribution < -0.4 is 4.90 Å². The number of hydrogen-bond acceptors (Lipinski definition) is 6. The Bertz CT molecular complexity index is 583. The number of hydrogen-bond donors (Lipinski definition) is 1. The van der Waals surface area contributed by atoms with Crippen LogP contribution in [0.25, 0.3) is 0 Å². The zero-order valence-corrected chi connectivity index (χ0v) is 13.7. The number of carboxylic acids is 1. The Morgan fingerprint density at radius 2 is 2.33 bits per heavy atom. The first kappa shape index (κ1) is 15.8. The largest absolute Gasteiger partial charge is 0.481 e. The van der Waals surface area contributed by atoms with Crippen LogP contribution in [0.4, 0.5) is 5.95 Å². The maximum atomic E-state index is 10.7. The van der Waals surface area contributed by atoms with E-state index in [4.69, 9.17) is 5.11 Å². The summed E-state index contributed by atoms with van der Waals surface area (Å²) in [7, 11) is 1.97. The van der Waals surface area contributed by atoms with Crippen molar-refractivity contribution in [1.29, 1.82) is 0 Å². The molecule has 0 saturated carbocycles. The van der Waals surface area contributed by atoms with Crippen molar-refractivity contribution in [3.8, 4) is 0 Å². The summed E-state index contributed by atoms with van der Waals surface area (Å²) in [4.78, 5) is 14.0. The third kappa shape index (κ3) is 4.21. The fourth-order valence-corrected chi connectivity index (χ4v) is 3.36. The molecule has 0 radical (unpaired) electrons. The molecule has 0 amide bonds. The number of thiophene rings is 1. The van der Waals surface area contributed by atoms with E-state index >= 15 is 0 Å². The van der Waals surface area contributed by atoms with Crippen LogP contribution in [0.3, 0.4) is 0 Å². The number of rotatable bonds is 8. The maximum absolute atomic E-state index is 10.7. The number of anilines is 1. The lowest BCUT2D eigenvalue weighted by Gasteiger charge is -2.18. The third-order valence-electron chi connectivity index (χ3n) is 2.78. The van der Waals surface area contributed by atoms with E-state index in [1.54, 1.807) is 11.3 Å². The van der Waals surface area contributed by atoms with Crippen molar-refractivity contribution in [3.63, 3.8) is 0 Å². The van der Waals surface area contributed by atoms with E-state index in [1.807, 2.05) is 28.0 Å². The molecule has 0 saturated heterocycles. The molecule has 0 bridgehead atoms. The summed E-state index contributed by atoms with van der Waals surface area (Å²) in [6.07, 6.45) is 0.943. The molecule has 114 valence electrons. The number of carbonyl (C=O) groups is 1. The topological polar surface area (TPSA) is 71.2 Å². The highest BCUT2D eigenvalue weighted by molar-refractivity contribution is 7.99. The molecule has 0 aliphatic rings. The van der Waals surface area contributed by atoms with Crippen molar-refractivity contribution in [3.05, 3.63) is 22.4 Å². The molecule has 0 unspecified atom stereocenters. The molecule has 6 nitrogen and oxygen atoms in total. The molecular formula is C13H18N4O2S2. The highest BCUT2D eigenvalue weighted by Crippen LogP contribution is 2.23. The zero-order chi connectivity index (χ0) is 15.2. The zero-order valence-electron chi connectivity index (χ0n) is 12.0. The molecular weight excluding hydrogens is 308 g/mol. The van der Waals surface area contributed by atoms with Crippen LogP contribution in [0.15, 0.2) is 22.7 Å². The van der Waals surface area contributed by atoms with Gasteiger partial charge in [0, 0.05) is 18.5 Å². The van der Waals surface area contributed by atoms with Crippen LogP contribution in [-0.2, 0) is 17.9 Å². The Morgan fingerprint density at radius 3 is 2.95 bits per heavy atom. The lowest BCUT2D eigenvalue weighted by atomic mass is 10.4. The van der Waals surface area contributed by atoms with Gasteiger partial charge in [0.2, 0.25) is 5.95 Å². The summed E-state index contributed by atoms with van der Waals surface area (Å²) in [5.74, 6) is -0.0751. The smallest absolute Gasteiger partial charge is 0.313 e. The summed E-state index contributed by atoms with van der Waals surface area (Å²) in [6, 6.07) is 4.11. The van der Waals surface area contributed by atoms with E-state index in [-0.39, 0.29) is 5.75 Å². The Hall–Kier alpha value is -1.54. The Kier molecular flexibility index (Phi) is 5.63. The van der Waals surface area contributed by atoms with Crippen molar-refractivity contribution in [2.45, 2.75) is 31.6 Å². The molecule has 8 heteroatoms. The van der Waals surface area contributed by atoms with Gasteiger partial charge in [-0.05, 0) is 17.9 Å². The second-order valence-electron chi connectivity index (χ2n) is 4.55. The summed E-state index contributed by atoms with van der Waals surface area (Å²) >= 11 is 2.91. The van der Waals surface area contributed by atoms with Crippen LogP contribution in [0.5, 0.6) is 0 Å². The first-order valence-electron chi connectivity index (χ1n) is 6.63.